The van der Waals surface area contributed by atoms with Crippen molar-refractivity contribution in [2.24, 2.45) is 0 Å². The zero-order valence-electron chi connectivity index (χ0n) is 14.5. The van der Waals surface area contributed by atoms with E-state index in [0.717, 1.165) is 10.9 Å². The minimum atomic E-state index is -0.208. The molecule has 5 nitrogen and oxygen atoms in total. The molecule has 1 saturated carbocycles. The third-order valence-corrected chi connectivity index (χ3v) is 6.18. The first-order valence-corrected chi connectivity index (χ1v) is 9.70. The van der Waals surface area contributed by atoms with Crippen LogP contribution in [0.1, 0.15) is 63.8 Å². The van der Waals surface area contributed by atoms with Crippen LogP contribution in [-0.2, 0) is 0 Å². The molecular weight excluding hydrogens is 334 g/mol. The number of carbonyl (C=O) groups is 2. The van der Waals surface area contributed by atoms with Crippen LogP contribution in [0.15, 0.2) is 29.4 Å². The Morgan fingerprint density at radius 3 is 2.28 bits per heavy atom. The summed E-state index contributed by atoms with van der Waals surface area (Å²) in [7, 11) is 0. The van der Waals surface area contributed by atoms with Gasteiger partial charge in [0.1, 0.15) is 0 Å². The maximum atomic E-state index is 12.5. The Kier molecular flexibility index (Phi) is 4.15. The number of fused-ring (bicyclic) bond motifs is 1. The highest BCUT2D eigenvalue weighted by Gasteiger charge is 2.35. The predicted molar refractivity (Wildman–Crippen MR) is 96.9 cm³/mol. The third-order valence-electron chi connectivity index (χ3n) is 5.25. The van der Waals surface area contributed by atoms with E-state index >= 15 is 0 Å². The Morgan fingerprint density at radius 2 is 1.68 bits per heavy atom. The summed E-state index contributed by atoms with van der Waals surface area (Å²) in [5.41, 5.74) is 3.22. The first-order valence-electron chi connectivity index (χ1n) is 8.71. The van der Waals surface area contributed by atoms with Crippen molar-refractivity contribution in [2.45, 2.75) is 50.7 Å². The second kappa shape index (κ2) is 6.33. The zero-order valence-corrected chi connectivity index (χ0v) is 15.3. The molecule has 25 heavy (non-hydrogen) atoms. The molecule has 6 heteroatoms. The van der Waals surface area contributed by atoms with Gasteiger partial charge in [-0.05, 0) is 38.8 Å². The van der Waals surface area contributed by atoms with Gasteiger partial charge in [0, 0.05) is 11.7 Å². The number of aromatic nitrogens is 2. The molecule has 1 aromatic carbocycles. The molecule has 2 aromatic rings. The smallest absolute Gasteiger partial charge is 0.262 e. The average Bonchev–Trinajstić information content (AvgIpc) is 3.28. The molecule has 1 aliphatic heterocycles. The fourth-order valence-corrected chi connectivity index (χ4v) is 4.87. The minimum Gasteiger partial charge on any atom is -0.320 e. The van der Waals surface area contributed by atoms with E-state index in [1.54, 1.807) is 24.3 Å². The van der Waals surface area contributed by atoms with Gasteiger partial charge in [-0.2, -0.15) is 0 Å². The number of rotatable bonds is 4. The minimum absolute atomic E-state index is 0.208. The third kappa shape index (κ3) is 2.68. The fourth-order valence-electron chi connectivity index (χ4n) is 3.77. The van der Waals surface area contributed by atoms with Crippen molar-refractivity contribution in [1.82, 2.24) is 14.5 Å². The van der Waals surface area contributed by atoms with Crippen LogP contribution >= 0.6 is 11.8 Å². The molecule has 0 N–H and O–H groups in total. The molecular formula is C19H21N3O2S. The molecule has 2 heterocycles. The van der Waals surface area contributed by atoms with Gasteiger partial charge in [0.15, 0.2) is 5.16 Å². The first-order chi connectivity index (χ1) is 12.1. The highest BCUT2D eigenvalue weighted by Crippen LogP contribution is 2.36. The summed E-state index contributed by atoms with van der Waals surface area (Å²) in [6, 6.07) is 7.51. The van der Waals surface area contributed by atoms with Gasteiger partial charge < -0.3 is 4.57 Å². The van der Waals surface area contributed by atoms with E-state index in [2.05, 4.69) is 11.5 Å². The topological polar surface area (TPSA) is 55.2 Å². The van der Waals surface area contributed by atoms with Crippen molar-refractivity contribution < 1.29 is 9.59 Å². The molecule has 0 saturated heterocycles. The van der Waals surface area contributed by atoms with Gasteiger partial charge in [0.2, 0.25) is 0 Å². The largest absolute Gasteiger partial charge is 0.320 e. The van der Waals surface area contributed by atoms with Crippen molar-refractivity contribution in [3.05, 3.63) is 46.8 Å². The van der Waals surface area contributed by atoms with Gasteiger partial charge in [0.05, 0.1) is 22.7 Å². The molecule has 0 bridgehead atoms. The Hall–Kier alpha value is -2.08. The molecule has 130 valence electrons. The monoisotopic (exact) mass is 355 g/mol. The Balaban J connectivity index is 1.56. The van der Waals surface area contributed by atoms with Crippen LogP contribution in [0.4, 0.5) is 0 Å². The van der Waals surface area contributed by atoms with Gasteiger partial charge in [-0.3, -0.25) is 14.5 Å². The number of amides is 2. The van der Waals surface area contributed by atoms with Crippen LogP contribution in [0.3, 0.4) is 0 Å². The second-order valence-electron chi connectivity index (χ2n) is 6.73. The number of nitrogens with zero attached hydrogens (tertiary/aromatic N) is 3. The van der Waals surface area contributed by atoms with Gasteiger partial charge in [-0.25, -0.2) is 4.98 Å². The van der Waals surface area contributed by atoms with Crippen molar-refractivity contribution in [3.63, 3.8) is 0 Å². The van der Waals surface area contributed by atoms with Crippen LogP contribution < -0.4 is 0 Å². The number of benzene rings is 1. The summed E-state index contributed by atoms with van der Waals surface area (Å²) in [4.78, 5) is 31.0. The summed E-state index contributed by atoms with van der Waals surface area (Å²) < 4.78 is 2.31. The summed E-state index contributed by atoms with van der Waals surface area (Å²) in [5.74, 6) is -0.115. The van der Waals surface area contributed by atoms with Crippen LogP contribution in [0, 0.1) is 13.8 Å². The van der Waals surface area contributed by atoms with Crippen molar-refractivity contribution in [2.75, 3.05) is 5.88 Å². The van der Waals surface area contributed by atoms with Crippen LogP contribution in [-0.4, -0.2) is 32.1 Å². The highest BCUT2D eigenvalue weighted by atomic mass is 32.2. The summed E-state index contributed by atoms with van der Waals surface area (Å²) in [6.45, 7) is 4.12. The van der Waals surface area contributed by atoms with Gasteiger partial charge in [-0.15, -0.1) is 0 Å². The number of thioether (sulfide) groups is 1. The fraction of sp³-hybridized carbons (Fsp3) is 0.421. The van der Waals surface area contributed by atoms with Crippen molar-refractivity contribution in [3.8, 4) is 0 Å². The van der Waals surface area contributed by atoms with E-state index in [9.17, 15) is 9.59 Å². The standard InChI is InChI=1S/C19H21N3O2S/c1-12-13(2)22(14-7-3-4-8-14)19(20-12)25-11-21-17(23)15-9-5-6-10-16(15)18(21)24/h5-6,9-10,14H,3-4,7-8,11H2,1-2H3. The lowest BCUT2D eigenvalue weighted by atomic mass is 10.1. The van der Waals surface area contributed by atoms with Crippen LogP contribution in [0.5, 0.6) is 0 Å². The van der Waals surface area contributed by atoms with Crippen molar-refractivity contribution >= 4 is 23.6 Å². The summed E-state index contributed by atoms with van der Waals surface area (Å²) >= 11 is 1.48. The second-order valence-corrected chi connectivity index (χ2v) is 7.64. The molecule has 2 amide bonds. The van der Waals surface area contributed by atoms with E-state index in [4.69, 9.17) is 4.98 Å². The molecule has 0 unspecified atom stereocenters. The Bertz CT molecular complexity index is 817. The summed E-state index contributed by atoms with van der Waals surface area (Å²) in [5, 5.41) is 0.915. The molecule has 0 atom stereocenters. The van der Waals surface area contributed by atoms with Gasteiger partial charge >= 0.3 is 0 Å². The molecule has 1 aliphatic carbocycles. The van der Waals surface area contributed by atoms with E-state index < -0.39 is 0 Å². The normalized spacial score (nSPS) is 17.6. The van der Waals surface area contributed by atoms with E-state index in [0.29, 0.717) is 23.0 Å². The molecule has 2 aliphatic rings. The predicted octanol–water partition coefficient (Wildman–Crippen LogP) is 3.96. The number of aryl methyl sites for hydroxylation is 1. The maximum absolute atomic E-state index is 12.5. The van der Waals surface area contributed by atoms with E-state index in [1.807, 2.05) is 6.92 Å². The quantitative estimate of drug-likeness (QED) is 0.615. The maximum Gasteiger partial charge on any atom is 0.262 e. The number of hydrogen-bond donors (Lipinski definition) is 0. The number of hydrogen-bond acceptors (Lipinski definition) is 4. The molecule has 0 radical (unpaired) electrons. The molecule has 0 spiro atoms. The lowest BCUT2D eigenvalue weighted by molar-refractivity contribution is 0.0684. The first kappa shape index (κ1) is 16.4. The average molecular weight is 355 g/mol. The van der Waals surface area contributed by atoms with Crippen LogP contribution in [0.25, 0.3) is 0 Å². The number of imide groups is 1. The Morgan fingerprint density at radius 1 is 1.08 bits per heavy atom. The number of imidazole rings is 1. The molecule has 1 fully saturated rings. The number of carbonyl (C=O) groups excluding carboxylic acids is 2. The zero-order chi connectivity index (χ0) is 17.6. The Labute approximate surface area is 151 Å². The highest BCUT2D eigenvalue weighted by molar-refractivity contribution is 7.99. The van der Waals surface area contributed by atoms with Crippen LogP contribution in [0.2, 0.25) is 0 Å². The molecule has 4 rings (SSSR count). The SMILES string of the molecule is Cc1nc(SCN2C(=O)c3ccccc3C2=O)n(C2CCCC2)c1C. The van der Waals surface area contributed by atoms with E-state index in [1.165, 1.54) is 48.0 Å². The van der Waals surface area contributed by atoms with Gasteiger partial charge in [0.25, 0.3) is 11.8 Å². The molecule has 1 aromatic heterocycles. The lowest BCUT2D eigenvalue weighted by Gasteiger charge is -2.18. The summed E-state index contributed by atoms with van der Waals surface area (Å²) in [6.07, 6.45) is 4.86. The van der Waals surface area contributed by atoms with E-state index in [-0.39, 0.29) is 11.8 Å². The van der Waals surface area contributed by atoms with Gasteiger partial charge in [-0.1, -0.05) is 36.7 Å². The van der Waals surface area contributed by atoms with Crippen molar-refractivity contribution in [1.29, 1.82) is 0 Å². The lowest BCUT2D eigenvalue weighted by Crippen LogP contribution is -2.29.